The van der Waals surface area contributed by atoms with E-state index in [1.54, 1.807) is 0 Å². The fourth-order valence-corrected chi connectivity index (χ4v) is 7.00. The zero-order chi connectivity index (χ0) is 36.3. The average Bonchev–Trinajstić information content (AvgIpc) is 3.26. The molecule has 0 saturated heterocycles. The quantitative estimate of drug-likeness (QED) is 0.167. The Bertz CT molecular complexity index is 2820. The summed E-state index contributed by atoms with van der Waals surface area (Å²) in [4.78, 5) is 15.5. The Hall–Kier alpha value is -7.48. The van der Waals surface area contributed by atoms with E-state index >= 15 is 0 Å². The summed E-state index contributed by atoms with van der Waals surface area (Å²) in [6.07, 6.45) is 0. The first kappa shape index (κ1) is 32.4. The zero-order valence-electron chi connectivity index (χ0n) is 29.3. The van der Waals surface area contributed by atoms with Crippen molar-refractivity contribution in [2.24, 2.45) is 0 Å². The number of aromatic nitrogens is 3. The molecule has 0 fully saturated rings. The molecule has 0 bridgehead atoms. The molecule has 0 aliphatic rings. The van der Waals surface area contributed by atoms with E-state index in [0.29, 0.717) is 23.0 Å². The molecule has 0 aliphatic heterocycles. The van der Waals surface area contributed by atoms with E-state index in [1.807, 2.05) is 54.6 Å². The number of rotatable bonds is 7. The van der Waals surface area contributed by atoms with Gasteiger partial charge in [0.25, 0.3) is 0 Å². The molecular weight excluding hydrogens is 657 g/mol. The van der Waals surface area contributed by atoms with Crippen LogP contribution in [0.2, 0.25) is 0 Å². The number of fused-ring (bicyclic) bond motifs is 1. The highest BCUT2D eigenvalue weighted by molar-refractivity contribution is 5.88. The Morgan fingerprint density at radius 2 is 0.833 bits per heavy atom. The van der Waals surface area contributed by atoms with Crippen LogP contribution in [0.15, 0.2) is 194 Å². The van der Waals surface area contributed by atoms with Crippen LogP contribution in [0.25, 0.3) is 89.4 Å². The van der Waals surface area contributed by atoms with Crippen molar-refractivity contribution in [1.82, 2.24) is 15.0 Å². The van der Waals surface area contributed by atoms with E-state index in [-0.39, 0.29) is 0 Å². The van der Waals surface area contributed by atoms with Gasteiger partial charge in [0.15, 0.2) is 17.5 Å². The molecule has 54 heavy (non-hydrogen) atoms. The third-order valence-corrected chi connectivity index (χ3v) is 9.79. The minimum atomic E-state index is 0.550. The van der Waals surface area contributed by atoms with Gasteiger partial charge in [-0.25, -0.2) is 15.0 Å². The molecule has 0 spiro atoms. The van der Waals surface area contributed by atoms with Crippen molar-refractivity contribution < 1.29 is 0 Å². The number of hydrogen-bond donors (Lipinski definition) is 0. The van der Waals surface area contributed by atoms with Gasteiger partial charge in [0.2, 0.25) is 0 Å². The van der Waals surface area contributed by atoms with Gasteiger partial charge in [0, 0.05) is 16.7 Å². The Balaban J connectivity index is 1.22. The average molecular weight is 689 g/mol. The molecule has 8 aromatic carbocycles. The molecule has 0 atom stereocenters. The molecule has 0 unspecified atom stereocenters. The fraction of sp³-hybridized carbons (Fsp3) is 0. The van der Waals surface area contributed by atoms with Crippen molar-refractivity contribution in [2.45, 2.75) is 0 Å². The monoisotopic (exact) mass is 688 g/mol. The maximum atomic E-state index is 9.87. The van der Waals surface area contributed by atoms with E-state index in [9.17, 15) is 5.26 Å². The van der Waals surface area contributed by atoms with Crippen molar-refractivity contribution in [2.75, 3.05) is 0 Å². The van der Waals surface area contributed by atoms with Crippen LogP contribution in [0.1, 0.15) is 5.56 Å². The van der Waals surface area contributed by atoms with Crippen LogP contribution in [-0.4, -0.2) is 15.0 Å². The first-order valence-corrected chi connectivity index (χ1v) is 17.9. The SMILES string of the molecule is N#Cc1ccccc1-c1cccc(-c2nc(-c3ccc(-c4ccc5ccccc5c4)cc3)nc(-c3cc(-c4ccccc4)ccc3-c3ccccc3)n2)c1. The molecule has 9 rings (SSSR count). The standard InChI is InChI=1S/C50H32N4/c51-33-44-18-9-10-21-45(44)42-19-11-20-43(31-42)49-52-48(38-25-22-36(23-26-38)40-27-24-35-14-7-8-17-39(35)30-40)53-50(54-49)47-32-41(34-12-3-1-4-13-34)28-29-46(47)37-15-5-2-6-16-37/h1-32H. The molecule has 0 saturated carbocycles. The second kappa shape index (κ2) is 14.3. The van der Waals surface area contributed by atoms with Crippen LogP contribution in [-0.2, 0) is 0 Å². The van der Waals surface area contributed by atoms with Gasteiger partial charge < -0.3 is 0 Å². The predicted octanol–water partition coefficient (Wildman–Crippen LogP) is 12.6. The normalized spacial score (nSPS) is 10.9. The van der Waals surface area contributed by atoms with E-state index < -0.39 is 0 Å². The number of hydrogen-bond acceptors (Lipinski definition) is 4. The summed E-state index contributed by atoms with van der Waals surface area (Å²) in [7, 11) is 0. The molecule has 252 valence electrons. The van der Waals surface area contributed by atoms with Crippen molar-refractivity contribution in [3.05, 3.63) is 200 Å². The van der Waals surface area contributed by atoms with Gasteiger partial charge in [-0.15, -0.1) is 0 Å². The summed E-state index contributed by atoms with van der Waals surface area (Å²) in [6, 6.07) is 68.7. The Morgan fingerprint density at radius 3 is 1.61 bits per heavy atom. The van der Waals surface area contributed by atoms with Crippen LogP contribution in [0, 0.1) is 11.3 Å². The van der Waals surface area contributed by atoms with Gasteiger partial charge in [0.1, 0.15) is 0 Å². The molecule has 4 heteroatoms. The van der Waals surface area contributed by atoms with Crippen molar-refractivity contribution in [1.29, 1.82) is 5.26 Å². The maximum Gasteiger partial charge on any atom is 0.164 e. The lowest BCUT2D eigenvalue weighted by Crippen LogP contribution is -2.01. The summed E-state index contributed by atoms with van der Waals surface area (Å²) in [5.41, 5.74) is 11.6. The molecule has 0 N–H and O–H groups in total. The highest BCUT2D eigenvalue weighted by Crippen LogP contribution is 2.37. The van der Waals surface area contributed by atoms with Crippen LogP contribution in [0.3, 0.4) is 0 Å². The predicted molar refractivity (Wildman–Crippen MR) is 220 cm³/mol. The van der Waals surface area contributed by atoms with Gasteiger partial charge in [-0.1, -0.05) is 170 Å². The van der Waals surface area contributed by atoms with Crippen molar-refractivity contribution in [3.8, 4) is 84.7 Å². The van der Waals surface area contributed by atoms with Crippen molar-refractivity contribution in [3.63, 3.8) is 0 Å². The van der Waals surface area contributed by atoms with Crippen molar-refractivity contribution >= 4 is 10.8 Å². The lowest BCUT2D eigenvalue weighted by atomic mass is 9.94. The minimum absolute atomic E-state index is 0.550. The Labute approximate surface area is 314 Å². The molecule has 0 amide bonds. The summed E-state index contributed by atoms with van der Waals surface area (Å²) in [5.74, 6) is 1.70. The van der Waals surface area contributed by atoms with Gasteiger partial charge in [-0.05, 0) is 79.5 Å². The van der Waals surface area contributed by atoms with Gasteiger partial charge in [-0.2, -0.15) is 5.26 Å². The first-order chi connectivity index (χ1) is 26.7. The van der Waals surface area contributed by atoms with E-state index in [0.717, 1.165) is 61.2 Å². The molecule has 1 heterocycles. The first-order valence-electron chi connectivity index (χ1n) is 17.9. The van der Waals surface area contributed by atoms with E-state index in [4.69, 9.17) is 15.0 Å². The molecular formula is C50H32N4. The van der Waals surface area contributed by atoms with Crippen LogP contribution in [0.4, 0.5) is 0 Å². The largest absolute Gasteiger partial charge is 0.208 e. The highest BCUT2D eigenvalue weighted by atomic mass is 15.0. The molecule has 1 aromatic heterocycles. The smallest absolute Gasteiger partial charge is 0.164 e. The van der Waals surface area contributed by atoms with Gasteiger partial charge in [0.05, 0.1) is 11.6 Å². The fourth-order valence-electron chi connectivity index (χ4n) is 7.00. The lowest BCUT2D eigenvalue weighted by Gasteiger charge is -2.14. The number of benzene rings is 8. The van der Waals surface area contributed by atoms with E-state index in [1.165, 1.54) is 10.8 Å². The lowest BCUT2D eigenvalue weighted by molar-refractivity contribution is 1.07. The number of nitrogens with zero attached hydrogens (tertiary/aromatic N) is 4. The van der Waals surface area contributed by atoms with Crippen LogP contribution in [0.5, 0.6) is 0 Å². The third kappa shape index (κ3) is 6.43. The van der Waals surface area contributed by atoms with Gasteiger partial charge >= 0.3 is 0 Å². The number of nitriles is 1. The van der Waals surface area contributed by atoms with Crippen LogP contribution >= 0.6 is 0 Å². The maximum absolute atomic E-state index is 9.87. The summed E-state index contributed by atoms with van der Waals surface area (Å²) in [5, 5.41) is 12.3. The van der Waals surface area contributed by atoms with Crippen LogP contribution < -0.4 is 0 Å². The summed E-state index contributed by atoms with van der Waals surface area (Å²) >= 11 is 0. The second-order valence-electron chi connectivity index (χ2n) is 13.2. The minimum Gasteiger partial charge on any atom is -0.208 e. The second-order valence-corrected chi connectivity index (χ2v) is 13.2. The Morgan fingerprint density at radius 1 is 0.296 bits per heavy atom. The molecule has 0 aliphatic carbocycles. The zero-order valence-corrected chi connectivity index (χ0v) is 29.3. The molecule has 0 radical (unpaired) electrons. The Kier molecular flexibility index (Phi) is 8.57. The topological polar surface area (TPSA) is 62.5 Å². The highest BCUT2D eigenvalue weighted by Gasteiger charge is 2.18. The summed E-state index contributed by atoms with van der Waals surface area (Å²) in [6.45, 7) is 0. The molecule has 4 nitrogen and oxygen atoms in total. The third-order valence-electron chi connectivity index (χ3n) is 9.79. The summed E-state index contributed by atoms with van der Waals surface area (Å²) < 4.78 is 0. The van der Waals surface area contributed by atoms with Gasteiger partial charge in [-0.3, -0.25) is 0 Å². The van der Waals surface area contributed by atoms with E-state index in [2.05, 4.69) is 146 Å². The molecule has 9 aromatic rings.